The molecule has 1 atom stereocenters. The Kier molecular flexibility index (Phi) is 6.20. The minimum absolute atomic E-state index is 0.0183. The van der Waals surface area contributed by atoms with E-state index < -0.39 is 10.0 Å². The topological polar surface area (TPSA) is 75.3 Å². The molecule has 0 bridgehead atoms. The van der Waals surface area contributed by atoms with Gasteiger partial charge in [-0.05, 0) is 37.5 Å². The van der Waals surface area contributed by atoms with Gasteiger partial charge in [-0.3, -0.25) is 9.52 Å². The Bertz CT molecular complexity index is 580. The summed E-state index contributed by atoms with van der Waals surface area (Å²) < 4.78 is 24.9. The lowest BCUT2D eigenvalue weighted by molar-refractivity contribution is -0.125. The van der Waals surface area contributed by atoms with Gasteiger partial charge >= 0.3 is 0 Å². The smallest absolute Gasteiger partial charge is 0.229 e. The van der Waals surface area contributed by atoms with E-state index in [-0.39, 0.29) is 17.9 Å². The van der Waals surface area contributed by atoms with Crippen molar-refractivity contribution in [3.8, 4) is 0 Å². The van der Waals surface area contributed by atoms with Gasteiger partial charge < -0.3 is 5.32 Å². The Morgan fingerprint density at radius 3 is 2.38 bits per heavy atom. The maximum Gasteiger partial charge on any atom is 0.229 e. The number of amides is 1. The lowest BCUT2D eigenvalue weighted by atomic mass is 10.0. The fourth-order valence-electron chi connectivity index (χ4n) is 2.16. The zero-order chi connectivity index (χ0) is 16.0. The van der Waals surface area contributed by atoms with E-state index in [2.05, 4.69) is 10.0 Å². The average Bonchev–Trinajstić information content (AvgIpc) is 2.38. The SMILES string of the molecule is CCC(CC)C(=O)N[C@H](C)c1cccc(NS(C)(=O)=O)c1. The second kappa shape index (κ2) is 7.45. The van der Waals surface area contributed by atoms with Crippen LogP contribution in [0.4, 0.5) is 5.69 Å². The van der Waals surface area contributed by atoms with Gasteiger partial charge in [0.25, 0.3) is 0 Å². The van der Waals surface area contributed by atoms with E-state index in [4.69, 9.17) is 0 Å². The molecule has 5 nitrogen and oxygen atoms in total. The third kappa shape index (κ3) is 5.75. The summed E-state index contributed by atoms with van der Waals surface area (Å²) in [5.74, 6) is 0.0544. The average molecular weight is 312 g/mol. The molecule has 1 aromatic carbocycles. The molecule has 0 fully saturated rings. The molecule has 0 aromatic heterocycles. The van der Waals surface area contributed by atoms with Crippen LogP contribution in [0.5, 0.6) is 0 Å². The van der Waals surface area contributed by atoms with Crippen LogP contribution in [0.15, 0.2) is 24.3 Å². The Morgan fingerprint density at radius 1 is 1.24 bits per heavy atom. The van der Waals surface area contributed by atoms with Crippen LogP contribution in [-0.2, 0) is 14.8 Å². The molecule has 6 heteroatoms. The standard InChI is InChI=1S/C15H24N2O3S/c1-5-12(6-2)15(18)16-11(3)13-8-7-9-14(10-13)17-21(4,19)20/h7-12,17H,5-6H2,1-4H3,(H,16,18)/t11-/m1/s1. The number of benzene rings is 1. The molecule has 0 unspecified atom stereocenters. The Labute approximate surface area is 127 Å². The highest BCUT2D eigenvalue weighted by Gasteiger charge is 2.17. The molecule has 0 saturated heterocycles. The highest BCUT2D eigenvalue weighted by atomic mass is 32.2. The van der Waals surface area contributed by atoms with Crippen molar-refractivity contribution in [3.05, 3.63) is 29.8 Å². The summed E-state index contributed by atoms with van der Waals surface area (Å²) in [5.41, 5.74) is 1.36. The van der Waals surface area contributed by atoms with E-state index >= 15 is 0 Å². The zero-order valence-electron chi connectivity index (χ0n) is 13.0. The first-order valence-electron chi connectivity index (χ1n) is 7.15. The molecule has 21 heavy (non-hydrogen) atoms. The minimum atomic E-state index is -3.30. The number of carbonyl (C=O) groups is 1. The van der Waals surface area contributed by atoms with Crippen LogP contribution < -0.4 is 10.0 Å². The molecule has 1 aromatic rings. The predicted octanol–water partition coefficient (Wildman–Crippen LogP) is 2.67. The molecule has 0 spiro atoms. The third-order valence-corrected chi connectivity index (χ3v) is 4.01. The molecule has 0 aliphatic carbocycles. The van der Waals surface area contributed by atoms with E-state index in [9.17, 15) is 13.2 Å². The number of anilines is 1. The van der Waals surface area contributed by atoms with Crippen molar-refractivity contribution in [2.45, 2.75) is 39.7 Å². The fourth-order valence-corrected chi connectivity index (χ4v) is 2.71. The normalized spacial score (nSPS) is 13.0. The molecule has 1 amide bonds. The molecule has 0 heterocycles. The first-order chi connectivity index (χ1) is 9.76. The molecule has 0 radical (unpaired) electrons. The molecule has 2 N–H and O–H groups in total. The van der Waals surface area contributed by atoms with Gasteiger partial charge in [-0.2, -0.15) is 0 Å². The minimum Gasteiger partial charge on any atom is -0.349 e. The molecule has 0 saturated carbocycles. The Hall–Kier alpha value is -1.56. The molecule has 1 rings (SSSR count). The van der Waals surface area contributed by atoms with Crippen LogP contribution in [0.25, 0.3) is 0 Å². The second-order valence-corrected chi connectivity index (χ2v) is 6.99. The number of carbonyl (C=O) groups excluding carboxylic acids is 1. The highest BCUT2D eigenvalue weighted by Crippen LogP contribution is 2.19. The van der Waals surface area contributed by atoms with Crippen LogP contribution in [0, 0.1) is 5.92 Å². The number of nitrogens with one attached hydrogen (secondary N) is 2. The summed E-state index contributed by atoms with van der Waals surface area (Å²) in [7, 11) is -3.30. The summed E-state index contributed by atoms with van der Waals surface area (Å²) in [5, 5.41) is 2.97. The Balaban J connectivity index is 2.81. The van der Waals surface area contributed by atoms with Crippen molar-refractivity contribution < 1.29 is 13.2 Å². The van der Waals surface area contributed by atoms with Gasteiger partial charge in [-0.1, -0.05) is 26.0 Å². The molecular weight excluding hydrogens is 288 g/mol. The highest BCUT2D eigenvalue weighted by molar-refractivity contribution is 7.92. The van der Waals surface area contributed by atoms with E-state index in [1.54, 1.807) is 18.2 Å². The number of hydrogen-bond acceptors (Lipinski definition) is 3. The van der Waals surface area contributed by atoms with Crippen LogP contribution >= 0.6 is 0 Å². The van der Waals surface area contributed by atoms with Gasteiger partial charge in [-0.15, -0.1) is 0 Å². The van der Waals surface area contributed by atoms with Crippen LogP contribution in [0.1, 0.15) is 45.2 Å². The van der Waals surface area contributed by atoms with Gasteiger partial charge in [-0.25, -0.2) is 8.42 Å². The summed E-state index contributed by atoms with van der Waals surface area (Å²) >= 11 is 0. The fraction of sp³-hybridized carbons (Fsp3) is 0.533. The largest absolute Gasteiger partial charge is 0.349 e. The van der Waals surface area contributed by atoms with E-state index in [1.807, 2.05) is 26.8 Å². The number of sulfonamides is 1. The van der Waals surface area contributed by atoms with Crippen LogP contribution in [-0.4, -0.2) is 20.6 Å². The van der Waals surface area contributed by atoms with Gasteiger partial charge in [0.15, 0.2) is 0 Å². The van der Waals surface area contributed by atoms with E-state index in [0.29, 0.717) is 5.69 Å². The summed E-state index contributed by atoms with van der Waals surface area (Å²) in [4.78, 5) is 12.1. The molecular formula is C15H24N2O3S. The first kappa shape index (κ1) is 17.5. The van der Waals surface area contributed by atoms with Crippen LogP contribution in [0.2, 0.25) is 0 Å². The van der Waals surface area contributed by atoms with Crippen molar-refractivity contribution in [1.29, 1.82) is 0 Å². The monoisotopic (exact) mass is 312 g/mol. The van der Waals surface area contributed by atoms with Gasteiger partial charge in [0.1, 0.15) is 0 Å². The first-order valence-corrected chi connectivity index (χ1v) is 9.04. The molecule has 118 valence electrons. The van der Waals surface area contributed by atoms with E-state index in [0.717, 1.165) is 24.7 Å². The quantitative estimate of drug-likeness (QED) is 0.813. The predicted molar refractivity (Wildman–Crippen MR) is 85.5 cm³/mol. The van der Waals surface area contributed by atoms with Crippen molar-refractivity contribution in [2.75, 3.05) is 11.0 Å². The Morgan fingerprint density at radius 2 is 1.86 bits per heavy atom. The van der Waals surface area contributed by atoms with Gasteiger partial charge in [0.05, 0.1) is 12.3 Å². The van der Waals surface area contributed by atoms with Crippen molar-refractivity contribution in [3.63, 3.8) is 0 Å². The van der Waals surface area contributed by atoms with E-state index in [1.165, 1.54) is 0 Å². The summed E-state index contributed by atoms with van der Waals surface area (Å²) in [6.07, 6.45) is 2.73. The lowest BCUT2D eigenvalue weighted by Gasteiger charge is -2.19. The number of hydrogen-bond donors (Lipinski definition) is 2. The van der Waals surface area contributed by atoms with Gasteiger partial charge in [0.2, 0.25) is 15.9 Å². The maximum atomic E-state index is 12.1. The zero-order valence-corrected chi connectivity index (χ0v) is 13.8. The number of rotatable bonds is 7. The summed E-state index contributed by atoms with van der Waals surface area (Å²) in [6.45, 7) is 5.88. The van der Waals surface area contributed by atoms with Crippen molar-refractivity contribution >= 4 is 21.6 Å². The lowest BCUT2D eigenvalue weighted by Crippen LogP contribution is -2.32. The van der Waals surface area contributed by atoms with Crippen molar-refractivity contribution in [2.24, 2.45) is 5.92 Å². The van der Waals surface area contributed by atoms with Crippen molar-refractivity contribution in [1.82, 2.24) is 5.32 Å². The molecule has 0 aliphatic rings. The third-order valence-electron chi connectivity index (χ3n) is 3.41. The van der Waals surface area contributed by atoms with Gasteiger partial charge in [0, 0.05) is 11.6 Å². The maximum absolute atomic E-state index is 12.1. The second-order valence-electron chi connectivity index (χ2n) is 5.24. The molecule has 0 aliphatic heterocycles. The summed E-state index contributed by atoms with van der Waals surface area (Å²) in [6, 6.07) is 6.88. The van der Waals surface area contributed by atoms with Crippen LogP contribution in [0.3, 0.4) is 0 Å².